The predicted molar refractivity (Wildman–Crippen MR) is 82.6 cm³/mol. The van der Waals surface area contributed by atoms with E-state index in [4.69, 9.17) is 28.3 Å². The first-order valence-corrected chi connectivity index (χ1v) is 7.00. The summed E-state index contributed by atoms with van der Waals surface area (Å²) in [6.45, 7) is 1.91. The molecule has 0 aliphatic carbocycles. The highest BCUT2D eigenvalue weighted by molar-refractivity contribution is 6.42. The third-order valence-electron chi connectivity index (χ3n) is 3.21. The molecule has 0 aliphatic rings. The van der Waals surface area contributed by atoms with Gasteiger partial charge in [0.1, 0.15) is 0 Å². The first-order chi connectivity index (χ1) is 9.47. The number of aliphatic carboxylic acids is 1. The van der Waals surface area contributed by atoms with Gasteiger partial charge < -0.3 is 5.11 Å². The zero-order valence-corrected chi connectivity index (χ0v) is 12.4. The van der Waals surface area contributed by atoms with Gasteiger partial charge in [-0.15, -0.1) is 0 Å². The van der Waals surface area contributed by atoms with Crippen molar-refractivity contribution in [2.45, 2.75) is 19.3 Å². The van der Waals surface area contributed by atoms with Crippen molar-refractivity contribution in [3.8, 4) is 11.1 Å². The van der Waals surface area contributed by atoms with Gasteiger partial charge in [-0.25, -0.2) is 0 Å². The van der Waals surface area contributed by atoms with Gasteiger partial charge in [-0.2, -0.15) is 0 Å². The number of carboxylic acid groups (broad SMARTS) is 1. The van der Waals surface area contributed by atoms with Crippen molar-refractivity contribution in [2.75, 3.05) is 0 Å². The molecule has 0 aliphatic heterocycles. The van der Waals surface area contributed by atoms with E-state index in [1.807, 2.05) is 43.3 Å². The Morgan fingerprint density at radius 3 is 2.20 bits per heavy atom. The molecular weight excluding hydrogens is 295 g/mol. The Labute approximate surface area is 128 Å². The van der Waals surface area contributed by atoms with Crippen LogP contribution in [-0.4, -0.2) is 11.1 Å². The molecule has 2 rings (SSSR count). The molecule has 0 spiro atoms. The van der Waals surface area contributed by atoms with E-state index in [1.54, 1.807) is 6.07 Å². The third kappa shape index (κ3) is 3.53. The van der Waals surface area contributed by atoms with Gasteiger partial charge in [-0.1, -0.05) is 60.5 Å². The Bertz CT molecular complexity index is 621. The van der Waals surface area contributed by atoms with Crippen LogP contribution in [0.5, 0.6) is 0 Å². The second-order valence-electron chi connectivity index (χ2n) is 4.75. The maximum absolute atomic E-state index is 10.7. The van der Waals surface area contributed by atoms with E-state index in [9.17, 15) is 4.79 Å². The summed E-state index contributed by atoms with van der Waals surface area (Å²) in [5, 5.41) is 9.86. The van der Waals surface area contributed by atoms with Gasteiger partial charge in [0.05, 0.1) is 16.5 Å². The predicted octanol–water partition coefficient (Wildman–Crippen LogP) is 5.24. The number of carboxylic acids is 1. The van der Waals surface area contributed by atoms with Crippen LogP contribution in [0.1, 0.15) is 24.8 Å². The van der Waals surface area contributed by atoms with E-state index in [-0.39, 0.29) is 12.3 Å². The SMILES string of the molecule is CC(CC(=O)O)c1ccc(-c2ccc(Cl)c(Cl)c2)cc1. The number of carbonyl (C=O) groups is 1. The fraction of sp³-hybridized carbons (Fsp3) is 0.188. The van der Waals surface area contributed by atoms with Crippen molar-refractivity contribution in [1.29, 1.82) is 0 Å². The quantitative estimate of drug-likeness (QED) is 0.838. The third-order valence-corrected chi connectivity index (χ3v) is 3.95. The average molecular weight is 309 g/mol. The second kappa shape index (κ2) is 6.29. The molecule has 0 bridgehead atoms. The van der Waals surface area contributed by atoms with Crippen LogP contribution in [0.15, 0.2) is 42.5 Å². The molecule has 0 heterocycles. The number of halogens is 2. The molecule has 104 valence electrons. The summed E-state index contributed by atoms with van der Waals surface area (Å²) >= 11 is 11.9. The summed E-state index contributed by atoms with van der Waals surface area (Å²) < 4.78 is 0. The number of benzene rings is 2. The highest BCUT2D eigenvalue weighted by atomic mass is 35.5. The molecule has 1 atom stereocenters. The first kappa shape index (κ1) is 14.9. The minimum Gasteiger partial charge on any atom is -0.481 e. The van der Waals surface area contributed by atoms with Gasteiger partial charge >= 0.3 is 5.97 Å². The Kier molecular flexibility index (Phi) is 4.69. The molecule has 0 aromatic heterocycles. The van der Waals surface area contributed by atoms with E-state index >= 15 is 0 Å². The fourth-order valence-electron chi connectivity index (χ4n) is 2.06. The Morgan fingerprint density at radius 2 is 1.65 bits per heavy atom. The van der Waals surface area contributed by atoms with Crippen molar-refractivity contribution in [3.05, 3.63) is 58.1 Å². The standard InChI is InChI=1S/C16H14Cl2O2/c1-10(8-16(19)20)11-2-4-12(5-3-11)13-6-7-14(17)15(18)9-13/h2-7,9-10H,8H2,1H3,(H,19,20). The van der Waals surface area contributed by atoms with Gasteiger partial charge in [0.2, 0.25) is 0 Å². The molecule has 0 fully saturated rings. The fourth-order valence-corrected chi connectivity index (χ4v) is 2.36. The summed E-state index contributed by atoms with van der Waals surface area (Å²) in [6.07, 6.45) is 0.131. The van der Waals surface area contributed by atoms with Crippen LogP contribution in [0, 0.1) is 0 Å². The van der Waals surface area contributed by atoms with E-state index in [1.165, 1.54) is 0 Å². The molecule has 0 radical (unpaired) electrons. The van der Waals surface area contributed by atoms with Gasteiger partial charge in [-0.3, -0.25) is 4.79 Å². The first-order valence-electron chi connectivity index (χ1n) is 6.24. The molecule has 20 heavy (non-hydrogen) atoms. The Hall–Kier alpha value is -1.51. The number of hydrogen-bond acceptors (Lipinski definition) is 1. The zero-order chi connectivity index (χ0) is 14.7. The van der Waals surface area contributed by atoms with Crippen LogP contribution < -0.4 is 0 Å². The van der Waals surface area contributed by atoms with Gasteiger partial charge in [0.25, 0.3) is 0 Å². The molecule has 0 amide bonds. The highest BCUT2D eigenvalue weighted by Gasteiger charge is 2.10. The minimum atomic E-state index is -0.786. The van der Waals surface area contributed by atoms with Crippen LogP contribution in [0.25, 0.3) is 11.1 Å². The highest BCUT2D eigenvalue weighted by Crippen LogP contribution is 2.29. The molecule has 2 nitrogen and oxygen atoms in total. The lowest BCUT2D eigenvalue weighted by Crippen LogP contribution is -2.02. The number of hydrogen-bond donors (Lipinski definition) is 1. The van der Waals surface area contributed by atoms with E-state index in [0.29, 0.717) is 10.0 Å². The largest absolute Gasteiger partial charge is 0.481 e. The Balaban J connectivity index is 2.23. The van der Waals surface area contributed by atoms with Crippen LogP contribution in [0.3, 0.4) is 0 Å². The summed E-state index contributed by atoms with van der Waals surface area (Å²) in [5.41, 5.74) is 3.02. The van der Waals surface area contributed by atoms with E-state index in [2.05, 4.69) is 0 Å². The van der Waals surface area contributed by atoms with Gasteiger partial charge in [-0.05, 0) is 34.7 Å². The molecule has 1 unspecified atom stereocenters. The maximum Gasteiger partial charge on any atom is 0.303 e. The monoisotopic (exact) mass is 308 g/mol. The van der Waals surface area contributed by atoms with Crippen molar-refractivity contribution in [3.63, 3.8) is 0 Å². The van der Waals surface area contributed by atoms with E-state index in [0.717, 1.165) is 16.7 Å². The minimum absolute atomic E-state index is 0.00430. The van der Waals surface area contributed by atoms with Crippen molar-refractivity contribution < 1.29 is 9.90 Å². The summed E-state index contributed by atoms with van der Waals surface area (Å²) in [7, 11) is 0. The van der Waals surface area contributed by atoms with Crippen LogP contribution >= 0.6 is 23.2 Å². The average Bonchev–Trinajstić information content (AvgIpc) is 2.41. The topological polar surface area (TPSA) is 37.3 Å². The van der Waals surface area contributed by atoms with Gasteiger partial charge in [0.15, 0.2) is 0 Å². The van der Waals surface area contributed by atoms with E-state index < -0.39 is 5.97 Å². The van der Waals surface area contributed by atoms with Crippen molar-refractivity contribution in [1.82, 2.24) is 0 Å². The van der Waals surface area contributed by atoms with Crippen LogP contribution in [-0.2, 0) is 4.79 Å². The molecule has 0 saturated heterocycles. The lowest BCUT2D eigenvalue weighted by molar-refractivity contribution is -0.137. The molecule has 4 heteroatoms. The normalized spacial score (nSPS) is 12.2. The summed E-state index contributed by atoms with van der Waals surface area (Å²) in [5.74, 6) is -0.790. The van der Waals surface area contributed by atoms with Crippen molar-refractivity contribution >= 4 is 29.2 Å². The lowest BCUT2D eigenvalue weighted by atomic mass is 9.95. The molecule has 2 aromatic rings. The summed E-state index contributed by atoms with van der Waals surface area (Å²) in [4.78, 5) is 10.7. The molecule has 1 N–H and O–H groups in total. The molecule has 0 saturated carbocycles. The zero-order valence-electron chi connectivity index (χ0n) is 10.9. The summed E-state index contributed by atoms with van der Waals surface area (Å²) in [6, 6.07) is 13.3. The second-order valence-corrected chi connectivity index (χ2v) is 5.56. The molecular formula is C16H14Cl2O2. The Morgan fingerprint density at radius 1 is 1.05 bits per heavy atom. The maximum atomic E-state index is 10.7. The lowest BCUT2D eigenvalue weighted by Gasteiger charge is -2.10. The van der Waals surface area contributed by atoms with Crippen LogP contribution in [0.4, 0.5) is 0 Å². The smallest absolute Gasteiger partial charge is 0.303 e. The van der Waals surface area contributed by atoms with Crippen molar-refractivity contribution in [2.24, 2.45) is 0 Å². The number of rotatable bonds is 4. The molecule has 2 aromatic carbocycles. The van der Waals surface area contributed by atoms with Crippen LogP contribution in [0.2, 0.25) is 10.0 Å². The van der Waals surface area contributed by atoms with Gasteiger partial charge in [0, 0.05) is 0 Å².